The van der Waals surface area contributed by atoms with E-state index in [-0.39, 0.29) is 18.3 Å². The van der Waals surface area contributed by atoms with Crippen LogP contribution in [0.5, 0.6) is 5.75 Å². The average molecular weight is 410 g/mol. The van der Waals surface area contributed by atoms with E-state index in [2.05, 4.69) is 21.2 Å². The van der Waals surface area contributed by atoms with Crippen molar-refractivity contribution >= 4 is 27.8 Å². The Bertz CT molecular complexity index is 764. The maximum absolute atomic E-state index is 13.6. The van der Waals surface area contributed by atoms with E-state index in [1.807, 2.05) is 0 Å². The molecular weight excluding hydrogens is 393 g/mol. The van der Waals surface area contributed by atoms with Gasteiger partial charge >= 0.3 is 5.97 Å². The van der Waals surface area contributed by atoms with Crippen molar-refractivity contribution in [1.82, 2.24) is 5.32 Å². The Morgan fingerprint density at radius 2 is 1.88 bits per heavy atom. The van der Waals surface area contributed by atoms with Gasteiger partial charge in [-0.2, -0.15) is 0 Å². The molecule has 2 aromatic carbocycles. The predicted octanol–water partition coefficient (Wildman–Crippen LogP) is 3.46. The van der Waals surface area contributed by atoms with Crippen molar-refractivity contribution in [2.24, 2.45) is 0 Å². The minimum atomic E-state index is -0.834. The highest BCUT2D eigenvalue weighted by atomic mass is 79.9. The van der Waals surface area contributed by atoms with Crippen LogP contribution in [0.25, 0.3) is 0 Å². The first-order valence-electron chi connectivity index (χ1n) is 7.46. The van der Waals surface area contributed by atoms with Crippen molar-refractivity contribution in [1.29, 1.82) is 0 Å². The normalized spacial score (nSPS) is 11.5. The van der Waals surface area contributed by atoms with Crippen LogP contribution in [-0.4, -0.2) is 25.0 Å². The lowest BCUT2D eigenvalue weighted by Gasteiger charge is -2.14. The summed E-state index contributed by atoms with van der Waals surface area (Å²) in [6.07, 6.45) is 0. The van der Waals surface area contributed by atoms with Gasteiger partial charge in [0.2, 0.25) is 0 Å². The van der Waals surface area contributed by atoms with Crippen molar-refractivity contribution in [3.63, 3.8) is 0 Å². The second kappa shape index (κ2) is 8.62. The second-order valence-corrected chi connectivity index (χ2v) is 6.19. The molecule has 0 spiro atoms. The maximum Gasteiger partial charge on any atom is 0.328 e. The molecule has 0 saturated heterocycles. The lowest BCUT2D eigenvalue weighted by molar-refractivity contribution is -0.146. The van der Waals surface area contributed by atoms with Gasteiger partial charge in [0.05, 0.1) is 7.11 Å². The van der Waals surface area contributed by atoms with E-state index in [1.165, 1.54) is 26.2 Å². The Kier molecular flexibility index (Phi) is 6.52. The molecule has 1 atom stereocenters. The molecule has 7 heteroatoms. The highest BCUT2D eigenvalue weighted by Gasteiger charge is 2.18. The second-order valence-electron chi connectivity index (χ2n) is 5.28. The minimum Gasteiger partial charge on any atom is -0.494 e. The van der Waals surface area contributed by atoms with E-state index in [0.29, 0.717) is 11.1 Å². The lowest BCUT2D eigenvalue weighted by Crippen LogP contribution is -2.39. The zero-order valence-corrected chi connectivity index (χ0v) is 15.3. The number of benzene rings is 2. The van der Waals surface area contributed by atoms with Crippen molar-refractivity contribution in [2.75, 3.05) is 7.11 Å². The topological polar surface area (TPSA) is 64.6 Å². The number of ether oxygens (including phenoxy) is 2. The molecule has 0 unspecified atom stereocenters. The van der Waals surface area contributed by atoms with Crippen LogP contribution >= 0.6 is 15.9 Å². The first-order chi connectivity index (χ1) is 11.9. The molecule has 0 heterocycles. The average Bonchev–Trinajstić information content (AvgIpc) is 2.60. The molecule has 0 aliphatic carbocycles. The Balaban J connectivity index is 1.88. The van der Waals surface area contributed by atoms with Gasteiger partial charge in [-0.05, 0) is 48.9 Å². The summed E-state index contributed by atoms with van der Waals surface area (Å²) in [5.74, 6) is -1.41. The number of rotatable bonds is 6. The predicted molar refractivity (Wildman–Crippen MR) is 93.8 cm³/mol. The standard InChI is InChI=1S/C18H17BrFNO4/c1-11(21-17(22)13-4-6-14(19)7-5-13)18(23)25-10-12-3-8-16(24-2)15(20)9-12/h3-9,11H,10H2,1-2H3,(H,21,22)/t11-/m0/s1. The van der Waals surface area contributed by atoms with E-state index in [1.54, 1.807) is 30.3 Å². The highest BCUT2D eigenvalue weighted by Crippen LogP contribution is 2.18. The quantitative estimate of drug-likeness (QED) is 0.741. The van der Waals surface area contributed by atoms with Gasteiger partial charge < -0.3 is 14.8 Å². The van der Waals surface area contributed by atoms with Gasteiger partial charge in [0, 0.05) is 10.0 Å². The van der Waals surface area contributed by atoms with Gasteiger partial charge in [-0.25, -0.2) is 9.18 Å². The summed E-state index contributed by atoms with van der Waals surface area (Å²) >= 11 is 3.29. The fraction of sp³-hybridized carbons (Fsp3) is 0.222. The van der Waals surface area contributed by atoms with Gasteiger partial charge in [-0.1, -0.05) is 22.0 Å². The summed E-state index contributed by atoms with van der Waals surface area (Å²) in [5, 5.41) is 2.56. The molecule has 0 bridgehead atoms. The molecule has 2 rings (SSSR count). The number of nitrogens with one attached hydrogen (secondary N) is 1. The van der Waals surface area contributed by atoms with Gasteiger partial charge in [0.15, 0.2) is 11.6 Å². The highest BCUT2D eigenvalue weighted by molar-refractivity contribution is 9.10. The summed E-state index contributed by atoms with van der Waals surface area (Å²) in [5.41, 5.74) is 0.915. The zero-order valence-electron chi connectivity index (χ0n) is 13.7. The zero-order chi connectivity index (χ0) is 18.4. The SMILES string of the molecule is COc1ccc(COC(=O)[C@H](C)NC(=O)c2ccc(Br)cc2)cc1F. The van der Waals surface area contributed by atoms with Crippen molar-refractivity contribution in [2.45, 2.75) is 19.6 Å². The van der Waals surface area contributed by atoms with Crippen LogP contribution in [0.1, 0.15) is 22.8 Å². The number of carbonyl (C=O) groups excluding carboxylic acids is 2. The Morgan fingerprint density at radius 3 is 2.48 bits per heavy atom. The van der Waals surface area contributed by atoms with Crippen LogP contribution in [0, 0.1) is 5.82 Å². The molecule has 25 heavy (non-hydrogen) atoms. The summed E-state index contributed by atoms with van der Waals surface area (Å²) in [4.78, 5) is 24.0. The molecule has 0 radical (unpaired) electrons. The minimum absolute atomic E-state index is 0.0990. The molecule has 2 aromatic rings. The molecule has 1 N–H and O–H groups in total. The third-order valence-corrected chi connectivity index (χ3v) is 3.93. The fourth-order valence-electron chi connectivity index (χ4n) is 2.02. The van der Waals surface area contributed by atoms with Crippen LogP contribution < -0.4 is 10.1 Å². The summed E-state index contributed by atoms with van der Waals surface area (Å²) < 4.78 is 24.4. The van der Waals surface area contributed by atoms with E-state index < -0.39 is 17.8 Å². The number of hydrogen-bond acceptors (Lipinski definition) is 4. The van der Waals surface area contributed by atoms with Gasteiger partial charge in [-0.15, -0.1) is 0 Å². The largest absolute Gasteiger partial charge is 0.494 e. The van der Waals surface area contributed by atoms with Crippen molar-refractivity contribution in [3.8, 4) is 5.75 Å². The molecule has 0 fully saturated rings. The fourth-order valence-corrected chi connectivity index (χ4v) is 2.28. The van der Waals surface area contributed by atoms with Crippen molar-refractivity contribution < 1.29 is 23.5 Å². The molecule has 0 saturated carbocycles. The number of esters is 1. The van der Waals surface area contributed by atoms with Crippen LogP contribution in [-0.2, 0) is 16.1 Å². The first-order valence-corrected chi connectivity index (χ1v) is 8.25. The number of carbonyl (C=O) groups is 2. The summed E-state index contributed by atoms with van der Waals surface area (Å²) in [6.45, 7) is 1.42. The third-order valence-electron chi connectivity index (χ3n) is 3.40. The lowest BCUT2D eigenvalue weighted by atomic mass is 10.2. The maximum atomic E-state index is 13.6. The van der Waals surface area contributed by atoms with Crippen LogP contribution in [0.4, 0.5) is 4.39 Å². The van der Waals surface area contributed by atoms with E-state index >= 15 is 0 Å². The third kappa shape index (κ3) is 5.29. The summed E-state index contributed by atoms with van der Waals surface area (Å²) in [6, 6.07) is 10.2. The number of amides is 1. The number of hydrogen-bond donors (Lipinski definition) is 1. The van der Waals surface area contributed by atoms with E-state index in [9.17, 15) is 14.0 Å². The molecule has 132 valence electrons. The summed E-state index contributed by atoms with van der Waals surface area (Å²) in [7, 11) is 1.37. The van der Waals surface area contributed by atoms with E-state index in [4.69, 9.17) is 9.47 Å². The smallest absolute Gasteiger partial charge is 0.328 e. The van der Waals surface area contributed by atoms with Gasteiger partial charge in [0.25, 0.3) is 5.91 Å². The van der Waals surface area contributed by atoms with Gasteiger partial charge in [0.1, 0.15) is 12.6 Å². The molecular formula is C18H17BrFNO4. The van der Waals surface area contributed by atoms with E-state index in [0.717, 1.165) is 4.47 Å². The molecule has 0 aliphatic rings. The molecule has 0 aromatic heterocycles. The Hall–Kier alpha value is -2.41. The van der Waals surface area contributed by atoms with Crippen LogP contribution in [0.2, 0.25) is 0 Å². The Labute approximate surface area is 153 Å². The van der Waals surface area contributed by atoms with Crippen LogP contribution in [0.3, 0.4) is 0 Å². The number of halogens is 2. The molecule has 0 aliphatic heterocycles. The van der Waals surface area contributed by atoms with Crippen molar-refractivity contribution in [3.05, 3.63) is 63.9 Å². The molecule has 1 amide bonds. The molecule has 5 nitrogen and oxygen atoms in total. The first kappa shape index (κ1) is 18.9. The monoisotopic (exact) mass is 409 g/mol. The van der Waals surface area contributed by atoms with Gasteiger partial charge in [-0.3, -0.25) is 4.79 Å². The Morgan fingerprint density at radius 1 is 1.20 bits per heavy atom. The number of methoxy groups -OCH3 is 1. The van der Waals surface area contributed by atoms with Crippen LogP contribution in [0.15, 0.2) is 46.9 Å².